The first-order valence-corrected chi connectivity index (χ1v) is 10.2. The average Bonchev–Trinajstić information content (AvgIpc) is 3.14. The van der Waals surface area contributed by atoms with Crippen LogP contribution in [-0.2, 0) is 4.79 Å². The van der Waals surface area contributed by atoms with Crippen LogP contribution in [-0.4, -0.2) is 38.0 Å². The maximum absolute atomic E-state index is 12.2. The van der Waals surface area contributed by atoms with Crippen LogP contribution in [0.2, 0.25) is 5.02 Å². The van der Waals surface area contributed by atoms with E-state index in [0.29, 0.717) is 27.7 Å². The van der Waals surface area contributed by atoms with Crippen LogP contribution in [0.1, 0.15) is 44.6 Å². The Kier molecular flexibility index (Phi) is 5.31. The second-order valence-corrected chi connectivity index (χ2v) is 7.99. The number of rotatable bonds is 7. The number of thioether (sulfide) groups is 1. The summed E-state index contributed by atoms with van der Waals surface area (Å²) in [6.07, 6.45) is 7.01. The van der Waals surface area contributed by atoms with Crippen molar-refractivity contribution in [1.29, 1.82) is 0 Å². The van der Waals surface area contributed by atoms with Crippen molar-refractivity contribution in [1.82, 2.24) is 20.2 Å². The van der Waals surface area contributed by atoms with Crippen molar-refractivity contribution in [2.24, 2.45) is 0 Å². The summed E-state index contributed by atoms with van der Waals surface area (Å²) in [4.78, 5) is 12.2. The summed E-state index contributed by atoms with van der Waals surface area (Å²) in [5.74, 6) is 0.792. The van der Waals surface area contributed by atoms with Gasteiger partial charge >= 0.3 is 0 Å². The average molecular weight is 394 g/mol. The van der Waals surface area contributed by atoms with Crippen LogP contribution in [0.3, 0.4) is 0 Å². The summed E-state index contributed by atoms with van der Waals surface area (Å²) in [6.45, 7) is 0. The fraction of sp³-hybridized carbons (Fsp3) is 0.529. The number of amides is 1. The zero-order chi connectivity index (χ0) is 17.9. The number of carbonyl (C=O) groups excluding carboxylic acids is 1. The molecule has 7 nitrogen and oxygen atoms in total. The van der Waals surface area contributed by atoms with E-state index >= 15 is 0 Å². The van der Waals surface area contributed by atoms with E-state index in [9.17, 15) is 4.79 Å². The number of nitrogens with one attached hydrogen (secondary N) is 1. The van der Waals surface area contributed by atoms with E-state index in [1.807, 2.05) is 12.1 Å². The highest BCUT2D eigenvalue weighted by atomic mass is 35.5. The number of carbonyl (C=O) groups is 1. The Morgan fingerprint density at radius 2 is 2.12 bits per heavy atom. The van der Waals surface area contributed by atoms with E-state index in [0.717, 1.165) is 25.7 Å². The van der Waals surface area contributed by atoms with E-state index in [4.69, 9.17) is 16.3 Å². The van der Waals surface area contributed by atoms with Crippen LogP contribution < -0.4 is 10.1 Å². The van der Waals surface area contributed by atoms with Gasteiger partial charge in [-0.25, -0.2) is 4.68 Å². The zero-order valence-electron chi connectivity index (χ0n) is 14.2. The summed E-state index contributed by atoms with van der Waals surface area (Å²) < 4.78 is 7.73. The number of tetrazole rings is 1. The predicted molar refractivity (Wildman–Crippen MR) is 99.8 cm³/mol. The lowest BCUT2D eigenvalue weighted by Crippen LogP contribution is -2.15. The summed E-state index contributed by atoms with van der Waals surface area (Å²) in [6, 6.07) is 5.74. The quantitative estimate of drug-likeness (QED) is 0.722. The summed E-state index contributed by atoms with van der Waals surface area (Å²) in [5, 5.41) is 15.7. The molecule has 2 aliphatic carbocycles. The number of nitrogens with zero attached hydrogens (tertiary/aromatic N) is 4. The van der Waals surface area contributed by atoms with Crippen molar-refractivity contribution >= 4 is 35.0 Å². The number of hydrogen-bond acceptors (Lipinski definition) is 6. The van der Waals surface area contributed by atoms with Crippen LogP contribution in [0.25, 0.3) is 0 Å². The van der Waals surface area contributed by atoms with Gasteiger partial charge in [-0.05, 0) is 67.2 Å². The fourth-order valence-electron chi connectivity index (χ4n) is 3.02. The number of halogens is 1. The van der Waals surface area contributed by atoms with Gasteiger partial charge in [-0.1, -0.05) is 23.4 Å². The molecule has 0 unspecified atom stereocenters. The highest BCUT2D eigenvalue weighted by Crippen LogP contribution is 2.36. The normalized spacial score (nSPS) is 17.4. The molecule has 1 heterocycles. The smallest absolute Gasteiger partial charge is 0.234 e. The molecule has 2 aromatic rings. The molecule has 0 bridgehead atoms. The minimum Gasteiger partial charge on any atom is -0.489 e. The molecule has 0 saturated heterocycles. The second-order valence-electron chi connectivity index (χ2n) is 6.64. The molecule has 1 aromatic carbocycles. The lowest BCUT2D eigenvalue weighted by Gasteiger charge is -2.15. The molecule has 1 aromatic heterocycles. The maximum Gasteiger partial charge on any atom is 0.234 e. The molecule has 2 aliphatic rings. The number of ether oxygens (including phenoxy) is 1. The van der Waals surface area contributed by atoms with E-state index in [2.05, 4.69) is 20.8 Å². The third-order valence-corrected chi connectivity index (χ3v) is 5.73. The molecule has 1 amide bonds. The van der Waals surface area contributed by atoms with Crippen molar-refractivity contribution in [3.63, 3.8) is 0 Å². The van der Waals surface area contributed by atoms with Gasteiger partial charge in [0, 0.05) is 5.69 Å². The first-order valence-electron chi connectivity index (χ1n) is 8.86. The first-order chi connectivity index (χ1) is 12.7. The van der Waals surface area contributed by atoms with Crippen molar-refractivity contribution in [2.45, 2.75) is 55.8 Å². The SMILES string of the molecule is O=C(CSc1nnnn1C1CC1)Nc1ccc(OC2CCCC2)c(Cl)c1. The van der Waals surface area contributed by atoms with Crippen LogP contribution in [0.5, 0.6) is 5.75 Å². The predicted octanol–water partition coefficient (Wildman–Crippen LogP) is 3.71. The van der Waals surface area contributed by atoms with Gasteiger partial charge in [-0.15, -0.1) is 5.10 Å². The molecular formula is C17H20ClN5O2S. The van der Waals surface area contributed by atoms with Gasteiger partial charge in [0.15, 0.2) is 0 Å². The van der Waals surface area contributed by atoms with Gasteiger partial charge in [-0.2, -0.15) is 0 Å². The van der Waals surface area contributed by atoms with Crippen molar-refractivity contribution in [2.75, 3.05) is 11.1 Å². The van der Waals surface area contributed by atoms with E-state index in [1.54, 1.807) is 10.7 Å². The maximum atomic E-state index is 12.2. The molecule has 138 valence electrons. The van der Waals surface area contributed by atoms with Gasteiger partial charge in [-0.3, -0.25) is 4.79 Å². The highest BCUT2D eigenvalue weighted by molar-refractivity contribution is 7.99. The van der Waals surface area contributed by atoms with Gasteiger partial charge in [0.25, 0.3) is 0 Å². The van der Waals surface area contributed by atoms with E-state index in [-0.39, 0.29) is 17.8 Å². The topological polar surface area (TPSA) is 81.9 Å². The fourth-order valence-corrected chi connectivity index (χ4v) is 3.99. The van der Waals surface area contributed by atoms with E-state index < -0.39 is 0 Å². The number of anilines is 1. The van der Waals surface area contributed by atoms with Gasteiger partial charge in [0.05, 0.1) is 22.9 Å². The van der Waals surface area contributed by atoms with E-state index in [1.165, 1.54) is 24.6 Å². The Morgan fingerprint density at radius 3 is 2.85 bits per heavy atom. The Balaban J connectivity index is 1.30. The lowest BCUT2D eigenvalue weighted by atomic mass is 10.2. The molecule has 0 atom stereocenters. The number of benzene rings is 1. The third-order valence-electron chi connectivity index (χ3n) is 4.50. The highest BCUT2D eigenvalue weighted by Gasteiger charge is 2.28. The Bertz CT molecular complexity index is 789. The summed E-state index contributed by atoms with van der Waals surface area (Å²) >= 11 is 7.64. The monoisotopic (exact) mass is 393 g/mol. The van der Waals surface area contributed by atoms with Crippen molar-refractivity contribution < 1.29 is 9.53 Å². The molecular weight excluding hydrogens is 374 g/mol. The minimum atomic E-state index is -0.124. The molecule has 9 heteroatoms. The van der Waals surface area contributed by atoms with Crippen LogP contribution in [0.15, 0.2) is 23.4 Å². The summed E-state index contributed by atoms with van der Waals surface area (Å²) in [5.41, 5.74) is 0.654. The van der Waals surface area contributed by atoms with Gasteiger partial charge in [0.2, 0.25) is 11.1 Å². The second kappa shape index (κ2) is 7.84. The molecule has 2 saturated carbocycles. The van der Waals surface area contributed by atoms with Gasteiger partial charge < -0.3 is 10.1 Å². The van der Waals surface area contributed by atoms with Crippen LogP contribution in [0.4, 0.5) is 5.69 Å². The summed E-state index contributed by atoms with van der Waals surface area (Å²) in [7, 11) is 0. The minimum absolute atomic E-state index is 0.124. The van der Waals surface area contributed by atoms with Crippen molar-refractivity contribution in [3.05, 3.63) is 23.2 Å². The first kappa shape index (κ1) is 17.6. The van der Waals surface area contributed by atoms with Crippen LogP contribution in [0, 0.1) is 0 Å². The molecule has 2 fully saturated rings. The third kappa shape index (κ3) is 4.29. The molecule has 1 N–H and O–H groups in total. The Hall–Kier alpha value is -1.80. The molecule has 0 radical (unpaired) electrons. The van der Waals surface area contributed by atoms with Gasteiger partial charge in [0.1, 0.15) is 5.75 Å². The largest absolute Gasteiger partial charge is 0.489 e. The van der Waals surface area contributed by atoms with Crippen LogP contribution >= 0.6 is 23.4 Å². The number of aromatic nitrogens is 4. The van der Waals surface area contributed by atoms with Crippen molar-refractivity contribution in [3.8, 4) is 5.75 Å². The molecule has 4 rings (SSSR count). The standard InChI is InChI=1S/C17H20ClN5O2S/c18-14-9-11(5-8-15(14)25-13-3-1-2-4-13)19-16(24)10-26-17-20-21-22-23(17)12-6-7-12/h5,8-9,12-13H,1-4,6-7,10H2,(H,19,24). The lowest BCUT2D eigenvalue weighted by molar-refractivity contribution is -0.113. The number of hydrogen-bond donors (Lipinski definition) is 1. The zero-order valence-corrected chi connectivity index (χ0v) is 15.8. The molecule has 0 spiro atoms. The Morgan fingerprint density at radius 1 is 1.31 bits per heavy atom. The molecule has 26 heavy (non-hydrogen) atoms. The Labute approximate surface area is 160 Å². The molecule has 0 aliphatic heterocycles.